The number of ether oxygens (including phenoxy) is 1. The molecule has 0 unspecified atom stereocenters. The lowest BCUT2D eigenvalue weighted by Gasteiger charge is -2.28. The molecule has 1 amide bonds. The van der Waals surface area contributed by atoms with Crippen molar-refractivity contribution in [3.63, 3.8) is 0 Å². The zero-order valence-electron chi connectivity index (χ0n) is 12.1. The standard InChI is InChI=1S/C11H20N8O2/c1-11(2,7(12)20)17-8-14-9(18-13)16-10(15-8)19-3-5-21-6-4-19/h3-6,13H2,1-2H3,(H2,12,20)(H2,14,15,16,17,18). The van der Waals surface area contributed by atoms with Gasteiger partial charge in [-0.3, -0.25) is 10.2 Å². The highest BCUT2D eigenvalue weighted by Gasteiger charge is 2.26. The van der Waals surface area contributed by atoms with E-state index in [1.807, 2.05) is 4.90 Å². The Bertz CT molecular complexity index is 515. The van der Waals surface area contributed by atoms with Crippen molar-refractivity contribution in [2.45, 2.75) is 19.4 Å². The average molecular weight is 296 g/mol. The quantitative estimate of drug-likeness (QED) is 0.383. The summed E-state index contributed by atoms with van der Waals surface area (Å²) in [6, 6.07) is 0. The number of nitrogen functional groups attached to an aromatic ring is 1. The van der Waals surface area contributed by atoms with Gasteiger partial charge in [0.25, 0.3) is 0 Å². The van der Waals surface area contributed by atoms with Crippen LogP contribution < -0.4 is 27.2 Å². The van der Waals surface area contributed by atoms with Crippen LogP contribution in [0, 0.1) is 0 Å². The lowest BCUT2D eigenvalue weighted by atomic mass is 10.1. The number of hydrazine groups is 1. The normalized spacial score (nSPS) is 15.7. The Balaban J connectivity index is 2.27. The van der Waals surface area contributed by atoms with Crippen molar-refractivity contribution in [1.29, 1.82) is 0 Å². The van der Waals surface area contributed by atoms with Gasteiger partial charge in [0.1, 0.15) is 5.54 Å². The van der Waals surface area contributed by atoms with Crippen LogP contribution in [-0.4, -0.2) is 52.7 Å². The molecular weight excluding hydrogens is 276 g/mol. The van der Waals surface area contributed by atoms with Crippen LogP contribution in [-0.2, 0) is 9.53 Å². The highest BCUT2D eigenvalue weighted by Crippen LogP contribution is 2.17. The topological polar surface area (TPSA) is 144 Å². The maximum absolute atomic E-state index is 11.4. The van der Waals surface area contributed by atoms with Crippen molar-refractivity contribution in [2.75, 3.05) is 41.9 Å². The summed E-state index contributed by atoms with van der Waals surface area (Å²) in [5, 5.41) is 2.88. The van der Waals surface area contributed by atoms with Crippen molar-refractivity contribution in [1.82, 2.24) is 15.0 Å². The van der Waals surface area contributed by atoms with Gasteiger partial charge in [0.2, 0.25) is 23.8 Å². The number of nitrogens with zero attached hydrogens (tertiary/aromatic N) is 4. The van der Waals surface area contributed by atoms with E-state index in [0.29, 0.717) is 32.3 Å². The predicted molar refractivity (Wildman–Crippen MR) is 77.6 cm³/mol. The summed E-state index contributed by atoms with van der Waals surface area (Å²) in [7, 11) is 0. The minimum atomic E-state index is -0.991. The summed E-state index contributed by atoms with van der Waals surface area (Å²) in [5.74, 6) is 5.75. The van der Waals surface area contributed by atoms with E-state index >= 15 is 0 Å². The lowest BCUT2D eigenvalue weighted by molar-refractivity contribution is -0.121. The number of primary amides is 1. The maximum Gasteiger partial charge on any atom is 0.243 e. The molecule has 2 rings (SSSR count). The molecule has 0 saturated carbocycles. The van der Waals surface area contributed by atoms with Crippen molar-refractivity contribution < 1.29 is 9.53 Å². The first-order valence-corrected chi connectivity index (χ1v) is 6.56. The van der Waals surface area contributed by atoms with Gasteiger partial charge in [-0.1, -0.05) is 0 Å². The van der Waals surface area contributed by atoms with Gasteiger partial charge in [0, 0.05) is 13.1 Å². The predicted octanol–water partition coefficient (Wildman–Crippen LogP) is -1.33. The van der Waals surface area contributed by atoms with Crippen LogP contribution in [0.3, 0.4) is 0 Å². The van der Waals surface area contributed by atoms with E-state index in [4.69, 9.17) is 16.3 Å². The van der Waals surface area contributed by atoms with Crippen molar-refractivity contribution >= 4 is 23.8 Å². The number of amides is 1. The SMILES string of the molecule is CC(C)(Nc1nc(NN)nc(N2CCOCC2)n1)C(N)=O. The van der Waals surface area contributed by atoms with E-state index < -0.39 is 11.4 Å². The Kier molecular flexibility index (Phi) is 4.38. The lowest BCUT2D eigenvalue weighted by Crippen LogP contribution is -2.45. The first kappa shape index (κ1) is 15.2. The van der Waals surface area contributed by atoms with Gasteiger partial charge in [-0.15, -0.1) is 0 Å². The molecule has 1 saturated heterocycles. The molecule has 116 valence electrons. The molecular formula is C11H20N8O2. The van der Waals surface area contributed by atoms with Crippen LogP contribution in [0.25, 0.3) is 0 Å². The molecule has 0 aromatic carbocycles. The van der Waals surface area contributed by atoms with E-state index in [9.17, 15) is 4.79 Å². The fraction of sp³-hybridized carbons (Fsp3) is 0.636. The van der Waals surface area contributed by atoms with Crippen molar-refractivity contribution in [3.8, 4) is 0 Å². The number of carbonyl (C=O) groups excluding carboxylic acids is 1. The van der Waals surface area contributed by atoms with Gasteiger partial charge < -0.3 is 20.7 Å². The van der Waals surface area contributed by atoms with Crippen LogP contribution in [0.4, 0.5) is 17.8 Å². The first-order chi connectivity index (χ1) is 9.92. The third kappa shape index (κ3) is 3.67. The number of anilines is 3. The van der Waals surface area contributed by atoms with E-state index in [1.165, 1.54) is 0 Å². The van der Waals surface area contributed by atoms with E-state index in [-0.39, 0.29) is 11.9 Å². The molecule has 0 spiro atoms. The zero-order chi connectivity index (χ0) is 15.5. The Hall–Kier alpha value is -2.20. The number of morpholine rings is 1. The number of rotatable bonds is 5. The van der Waals surface area contributed by atoms with Crippen LogP contribution in [0.5, 0.6) is 0 Å². The summed E-state index contributed by atoms with van der Waals surface area (Å²) in [5.41, 5.74) is 6.72. The summed E-state index contributed by atoms with van der Waals surface area (Å²) in [6.45, 7) is 5.84. The molecule has 1 aliphatic heterocycles. The van der Waals surface area contributed by atoms with Crippen molar-refractivity contribution in [2.24, 2.45) is 11.6 Å². The molecule has 0 atom stereocenters. The molecule has 0 bridgehead atoms. The molecule has 10 nitrogen and oxygen atoms in total. The molecule has 0 aliphatic carbocycles. The van der Waals surface area contributed by atoms with E-state index in [2.05, 4.69) is 25.7 Å². The second-order valence-corrected chi connectivity index (χ2v) is 5.14. The number of hydrogen-bond donors (Lipinski definition) is 4. The summed E-state index contributed by atoms with van der Waals surface area (Å²) in [6.07, 6.45) is 0. The van der Waals surface area contributed by atoms with Crippen LogP contribution in [0.15, 0.2) is 0 Å². The van der Waals surface area contributed by atoms with E-state index in [0.717, 1.165) is 0 Å². The molecule has 6 N–H and O–H groups in total. The van der Waals surface area contributed by atoms with E-state index in [1.54, 1.807) is 13.8 Å². The molecule has 1 aromatic rings. The average Bonchev–Trinajstić information content (AvgIpc) is 2.47. The minimum absolute atomic E-state index is 0.203. The van der Waals surface area contributed by atoms with Gasteiger partial charge in [0.15, 0.2) is 0 Å². The molecule has 10 heteroatoms. The summed E-state index contributed by atoms with van der Waals surface area (Å²) < 4.78 is 5.29. The van der Waals surface area contributed by atoms with Crippen molar-refractivity contribution in [3.05, 3.63) is 0 Å². The number of carbonyl (C=O) groups is 1. The van der Waals surface area contributed by atoms with Gasteiger partial charge in [-0.25, -0.2) is 5.84 Å². The van der Waals surface area contributed by atoms with Gasteiger partial charge in [0.05, 0.1) is 13.2 Å². The minimum Gasteiger partial charge on any atom is -0.378 e. The van der Waals surface area contributed by atoms with Crippen LogP contribution in [0.1, 0.15) is 13.8 Å². The Morgan fingerprint density at radius 3 is 2.43 bits per heavy atom. The zero-order valence-corrected chi connectivity index (χ0v) is 12.1. The highest BCUT2D eigenvalue weighted by atomic mass is 16.5. The molecule has 1 fully saturated rings. The Morgan fingerprint density at radius 2 is 1.86 bits per heavy atom. The fourth-order valence-corrected chi connectivity index (χ4v) is 1.73. The molecule has 2 heterocycles. The number of nitrogens with one attached hydrogen (secondary N) is 2. The third-order valence-electron chi connectivity index (χ3n) is 3.09. The number of nitrogens with two attached hydrogens (primary N) is 2. The summed E-state index contributed by atoms with van der Waals surface area (Å²) in [4.78, 5) is 25.9. The van der Waals surface area contributed by atoms with Gasteiger partial charge in [-0.05, 0) is 13.8 Å². The third-order valence-corrected chi connectivity index (χ3v) is 3.09. The fourth-order valence-electron chi connectivity index (χ4n) is 1.73. The number of aromatic nitrogens is 3. The Morgan fingerprint density at radius 1 is 1.24 bits per heavy atom. The Labute approximate surface area is 122 Å². The number of hydrogen-bond acceptors (Lipinski definition) is 9. The van der Waals surface area contributed by atoms with Gasteiger partial charge in [-0.2, -0.15) is 15.0 Å². The second-order valence-electron chi connectivity index (χ2n) is 5.14. The van der Waals surface area contributed by atoms with Crippen LogP contribution >= 0.6 is 0 Å². The smallest absolute Gasteiger partial charge is 0.243 e. The molecule has 1 aromatic heterocycles. The van der Waals surface area contributed by atoms with Crippen LogP contribution in [0.2, 0.25) is 0 Å². The molecule has 21 heavy (non-hydrogen) atoms. The first-order valence-electron chi connectivity index (χ1n) is 6.56. The molecule has 1 aliphatic rings. The van der Waals surface area contributed by atoms with Gasteiger partial charge >= 0.3 is 0 Å². The highest BCUT2D eigenvalue weighted by molar-refractivity contribution is 5.86. The maximum atomic E-state index is 11.4. The summed E-state index contributed by atoms with van der Waals surface area (Å²) >= 11 is 0. The second kappa shape index (κ2) is 6.06. The largest absolute Gasteiger partial charge is 0.378 e. The monoisotopic (exact) mass is 296 g/mol. The molecule has 0 radical (unpaired) electrons.